The molecule has 3 N–H and O–H groups in total. The highest BCUT2D eigenvalue weighted by atomic mass is 35.5. The van der Waals surface area contributed by atoms with E-state index in [1.807, 2.05) is 0 Å². The van der Waals surface area contributed by atoms with Gasteiger partial charge in [-0.05, 0) is 30.2 Å². The number of hydrogen-bond donors (Lipinski definition) is 2. The third-order valence-corrected chi connectivity index (χ3v) is 5.01. The first kappa shape index (κ1) is 18.6. The predicted molar refractivity (Wildman–Crippen MR) is 106 cm³/mol. The van der Waals surface area contributed by atoms with Crippen LogP contribution in [0.1, 0.15) is 43.8 Å². The fourth-order valence-corrected chi connectivity index (χ4v) is 3.43. The van der Waals surface area contributed by atoms with Crippen molar-refractivity contribution in [3.05, 3.63) is 74.8 Å². The van der Waals surface area contributed by atoms with Crippen LogP contribution in [0.15, 0.2) is 47.3 Å². The van der Waals surface area contributed by atoms with Gasteiger partial charge >= 0.3 is 0 Å². The van der Waals surface area contributed by atoms with E-state index in [0.717, 1.165) is 6.42 Å². The van der Waals surface area contributed by atoms with Crippen molar-refractivity contribution in [1.82, 2.24) is 9.97 Å². The van der Waals surface area contributed by atoms with Gasteiger partial charge in [-0.25, -0.2) is 4.98 Å². The number of rotatable bonds is 6. The lowest BCUT2D eigenvalue weighted by molar-refractivity contribution is -0.718. The summed E-state index contributed by atoms with van der Waals surface area (Å²) in [5.74, 6) is 1.13. The van der Waals surface area contributed by atoms with E-state index in [1.54, 1.807) is 18.2 Å². The standard InChI is InChI=1S/C21H24ClN3O/c1-4-14-5-7-15(8-6-14)20(13(2)3)23-12-19-24-18-11-16(22)9-10-17(18)21(26)25-19/h5-11,13,20,23H,4,12H2,1-3H3,(H,24,25,26)/p+1/t20-/m0/s1. The number of halogens is 1. The number of aromatic amines is 1. The molecular formula is C21H25ClN3O+. The second-order valence-electron chi connectivity index (χ2n) is 6.98. The molecule has 136 valence electrons. The van der Waals surface area contributed by atoms with Gasteiger partial charge in [0.2, 0.25) is 0 Å². The molecule has 3 aromatic rings. The fourth-order valence-electron chi connectivity index (χ4n) is 3.27. The maximum atomic E-state index is 12.3. The lowest BCUT2D eigenvalue weighted by Crippen LogP contribution is -2.85. The summed E-state index contributed by atoms with van der Waals surface area (Å²) in [6.45, 7) is 7.20. The minimum atomic E-state index is -0.122. The highest BCUT2D eigenvalue weighted by molar-refractivity contribution is 6.31. The quantitative estimate of drug-likeness (QED) is 0.696. The topological polar surface area (TPSA) is 62.4 Å². The van der Waals surface area contributed by atoms with Crippen molar-refractivity contribution in [1.29, 1.82) is 0 Å². The second-order valence-corrected chi connectivity index (χ2v) is 7.42. The third-order valence-electron chi connectivity index (χ3n) is 4.77. The average Bonchev–Trinajstić information content (AvgIpc) is 2.61. The van der Waals surface area contributed by atoms with Crippen LogP contribution < -0.4 is 10.9 Å². The molecule has 0 amide bonds. The van der Waals surface area contributed by atoms with E-state index in [-0.39, 0.29) is 5.56 Å². The average molecular weight is 371 g/mol. The van der Waals surface area contributed by atoms with E-state index in [9.17, 15) is 4.79 Å². The van der Waals surface area contributed by atoms with Crippen molar-refractivity contribution >= 4 is 22.5 Å². The number of hydrogen-bond acceptors (Lipinski definition) is 2. The Bertz CT molecular complexity index is 948. The van der Waals surface area contributed by atoms with Crippen molar-refractivity contribution in [3.8, 4) is 0 Å². The van der Waals surface area contributed by atoms with Crippen molar-refractivity contribution in [2.24, 2.45) is 5.92 Å². The van der Waals surface area contributed by atoms with Gasteiger partial charge in [0.25, 0.3) is 5.56 Å². The molecule has 0 aliphatic carbocycles. The summed E-state index contributed by atoms with van der Waals surface area (Å²) in [7, 11) is 0. The van der Waals surface area contributed by atoms with Gasteiger partial charge in [-0.1, -0.05) is 56.6 Å². The first-order chi connectivity index (χ1) is 12.5. The molecule has 0 aliphatic heterocycles. The van der Waals surface area contributed by atoms with Crippen molar-refractivity contribution in [3.63, 3.8) is 0 Å². The molecule has 4 nitrogen and oxygen atoms in total. The number of benzene rings is 2. The van der Waals surface area contributed by atoms with Crippen molar-refractivity contribution in [2.75, 3.05) is 0 Å². The number of fused-ring (bicyclic) bond motifs is 1. The predicted octanol–water partition coefficient (Wildman–Crippen LogP) is 3.60. The van der Waals surface area contributed by atoms with Crippen LogP contribution >= 0.6 is 11.6 Å². The van der Waals surface area contributed by atoms with Gasteiger partial charge in [0.15, 0.2) is 5.82 Å². The second kappa shape index (κ2) is 8.02. The zero-order chi connectivity index (χ0) is 18.7. The van der Waals surface area contributed by atoms with Crippen LogP contribution in [0.25, 0.3) is 10.9 Å². The van der Waals surface area contributed by atoms with Crippen LogP contribution in [-0.2, 0) is 13.0 Å². The Morgan fingerprint density at radius 1 is 1.15 bits per heavy atom. The number of nitrogens with zero attached hydrogens (tertiary/aromatic N) is 1. The zero-order valence-corrected chi connectivity index (χ0v) is 16.2. The zero-order valence-electron chi connectivity index (χ0n) is 15.4. The summed E-state index contributed by atoms with van der Waals surface area (Å²) in [5, 5.41) is 3.38. The molecular weight excluding hydrogens is 346 g/mol. The summed E-state index contributed by atoms with van der Waals surface area (Å²) in [4.78, 5) is 19.7. The highest BCUT2D eigenvalue weighted by Gasteiger charge is 2.19. The van der Waals surface area contributed by atoms with Crippen molar-refractivity contribution < 1.29 is 5.32 Å². The minimum absolute atomic E-state index is 0.122. The Labute approximate surface area is 158 Å². The molecule has 0 aliphatic rings. The maximum absolute atomic E-state index is 12.3. The summed E-state index contributed by atoms with van der Waals surface area (Å²) in [6, 6.07) is 14.3. The van der Waals surface area contributed by atoms with Crippen LogP contribution in [0.5, 0.6) is 0 Å². The molecule has 0 spiro atoms. The number of quaternary nitrogens is 1. The Morgan fingerprint density at radius 3 is 2.54 bits per heavy atom. The number of nitrogens with two attached hydrogens (primary N) is 1. The van der Waals surface area contributed by atoms with Gasteiger partial charge in [-0.2, -0.15) is 0 Å². The Hall–Kier alpha value is -2.17. The molecule has 0 radical (unpaired) electrons. The molecule has 3 rings (SSSR count). The molecule has 1 heterocycles. The van der Waals surface area contributed by atoms with Gasteiger partial charge in [-0.15, -0.1) is 0 Å². The van der Waals surface area contributed by atoms with Crippen LogP contribution in [0.4, 0.5) is 0 Å². The first-order valence-electron chi connectivity index (χ1n) is 9.08. The number of aromatic nitrogens is 2. The normalized spacial score (nSPS) is 12.7. The van der Waals surface area contributed by atoms with E-state index in [4.69, 9.17) is 11.6 Å². The SMILES string of the molecule is CCc1ccc([C@@H]([NH2+]Cc2nc3cc(Cl)ccc3c(=O)[nH]2)C(C)C)cc1. The molecule has 0 saturated heterocycles. The number of nitrogens with one attached hydrogen (secondary N) is 1. The summed E-state index contributed by atoms with van der Waals surface area (Å²) < 4.78 is 0. The molecule has 0 fully saturated rings. The molecule has 0 bridgehead atoms. The van der Waals surface area contributed by atoms with E-state index in [1.165, 1.54) is 11.1 Å². The number of H-pyrrole nitrogens is 1. The molecule has 1 atom stereocenters. The molecule has 0 saturated carbocycles. The molecule has 2 aromatic carbocycles. The maximum Gasteiger partial charge on any atom is 0.258 e. The van der Waals surface area contributed by atoms with Gasteiger partial charge in [0.05, 0.1) is 10.9 Å². The Morgan fingerprint density at radius 2 is 1.88 bits per heavy atom. The Balaban J connectivity index is 1.82. The Kier molecular flexibility index (Phi) is 5.74. The van der Waals surface area contributed by atoms with Gasteiger partial charge in [-0.3, -0.25) is 4.79 Å². The monoisotopic (exact) mass is 370 g/mol. The summed E-state index contributed by atoms with van der Waals surface area (Å²) in [6.07, 6.45) is 1.04. The minimum Gasteiger partial charge on any atom is -0.334 e. The fraction of sp³-hybridized carbons (Fsp3) is 0.333. The lowest BCUT2D eigenvalue weighted by atomic mass is 9.95. The van der Waals surface area contributed by atoms with Crippen LogP contribution in [0, 0.1) is 5.92 Å². The van der Waals surface area contributed by atoms with E-state index >= 15 is 0 Å². The molecule has 0 unspecified atom stereocenters. The molecule has 5 heteroatoms. The van der Waals surface area contributed by atoms with E-state index in [0.29, 0.717) is 40.3 Å². The number of aryl methyl sites for hydroxylation is 1. The van der Waals surface area contributed by atoms with Gasteiger partial charge in [0, 0.05) is 16.5 Å². The first-order valence-corrected chi connectivity index (χ1v) is 9.46. The smallest absolute Gasteiger partial charge is 0.258 e. The van der Waals surface area contributed by atoms with Crippen molar-refractivity contribution in [2.45, 2.75) is 39.8 Å². The van der Waals surface area contributed by atoms with Crippen LogP contribution in [0.3, 0.4) is 0 Å². The van der Waals surface area contributed by atoms with Gasteiger partial charge in [0.1, 0.15) is 12.6 Å². The summed E-state index contributed by atoms with van der Waals surface area (Å²) >= 11 is 6.04. The molecule has 26 heavy (non-hydrogen) atoms. The van der Waals surface area contributed by atoms with Crippen LogP contribution in [0.2, 0.25) is 5.02 Å². The van der Waals surface area contributed by atoms with E-state index < -0.39 is 0 Å². The van der Waals surface area contributed by atoms with Crippen LogP contribution in [-0.4, -0.2) is 9.97 Å². The van der Waals surface area contributed by atoms with E-state index in [2.05, 4.69) is 60.3 Å². The lowest BCUT2D eigenvalue weighted by Gasteiger charge is -2.20. The van der Waals surface area contributed by atoms with Gasteiger partial charge < -0.3 is 10.3 Å². The highest BCUT2D eigenvalue weighted by Crippen LogP contribution is 2.19. The third kappa shape index (κ3) is 4.14. The largest absolute Gasteiger partial charge is 0.334 e. The summed E-state index contributed by atoms with van der Waals surface area (Å²) in [5.41, 5.74) is 3.15. The molecule has 1 aromatic heterocycles.